The van der Waals surface area contributed by atoms with Crippen LogP contribution in [0, 0.1) is 23.4 Å². The zero-order valence-corrected chi connectivity index (χ0v) is 20.1. The summed E-state index contributed by atoms with van der Waals surface area (Å²) in [5.41, 5.74) is 1.65. The van der Waals surface area contributed by atoms with Crippen molar-refractivity contribution < 1.29 is 27.8 Å². The first-order valence-corrected chi connectivity index (χ1v) is 12.2. The molecule has 6 heteroatoms. The van der Waals surface area contributed by atoms with Gasteiger partial charge >= 0.3 is 0 Å². The van der Waals surface area contributed by atoms with Crippen molar-refractivity contribution in [2.24, 2.45) is 5.92 Å². The molecule has 3 nitrogen and oxygen atoms in total. The van der Waals surface area contributed by atoms with Gasteiger partial charge in [0.1, 0.15) is 23.9 Å². The van der Waals surface area contributed by atoms with Crippen molar-refractivity contribution in [3.63, 3.8) is 0 Å². The van der Waals surface area contributed by atoms with Gasteiger partial charge in [-0.1, -0.05) is 24.3 Å². The van der Waals surface area contributed by atoms with Gasteiger partial charge in [-0.3, -0.25) is 0 Å². The second kappa shape index (κ2) is 11.2. The number of ether oxygens (including phenoxy) is 2. The highest BCUT2D eigenvalue weighted by atomic mass is 19.2. The molecule has 0 amide bonds. The Morgan fingerprint density at radius 1 is 0.857 bits per heavy atom. The molecule has 1 aliphatic rings. The summed E-state index contributed by atoms with van der Waals surface area (Å²) in [7, 11) is 0. The van der Waals surface area contributed by atoms with Crippen LogP contribution in [0.3, 0.4) is 0 Å². The Hall–Kier alpha value is -2.99. The summed E-state index contributed by atoms with van der Waals surface area (Å²) in [6, 6.07) is 14.8. The highest BCUT2D eigenvalue weighted by Gasteiger charge is 2.28. The normalized spacial score (nSPS) is 18.8. The molecule has 3 aromatic carbocycles. The van der Waals surface area contributed by atoms with Crippen LogP contribution in [0.1, 0.15) is 56.6 Å². The van der Waals surface area contributed by atoms with Crippen molar-refractivity contribution in [2.45, 2.75) is 58.2 Å². The topological polar surface area (TPSA) is 38.7 Å². The van der Waals surface area contributed by atoms with Crippen LogP contribution in [0.2, 0.25) is 0 Å². The number of benzene rings is 3. The molecular formula is C29H31F3O3. The van der Waals surface area contributed by atoms with Crippen molar-refractivity contribution >= 4 is 0 Å². The maximum absolute atomic E-state index is 14.9. The molecule has 0 heterocycles. The molecule has 4 rings (SSSR count). The Morgan fingerprint density at radius 2 is 1.54 bits per heavy atom. The number of hydrogen-bond acceptors (Lipinski definition) is 3. The standard InChI is InChI=1S/C29H31F3O3/c1-3-34-24-13-15-25(27(30)16-24)20-8-11-23(12-9-20)35-17-22-10-14-26(29(32)28(22)31)21-6-4-19(5-7-21)18(2)33/h8-16,18-19,21,33H,3-7,17H2,1-2H3. The van der Waals surface area contributed by atoms with Gasteiger partial charge in [0.15, 0.2) is 11.6 Å². The van der Waals surface area contributed by atoms with E-state index < -0.39 is 11.6 Å². The minimum absolute atomic E-state index is 0.0370. The van der Waals surface area contributed by atoms with Crippen LogP contribution in [-0.2, 0) is 6.61 Å². The lowest BCUT2D eigenvalue weighted by Crippen LogP contribution is -2.23. The first-order valence-electron chi connectivity index (χ1n) is 12.2. The molecule has 0 aliphatic heterocycles. The van der Waals surface area contributed by atoms with E-state index in [0.29, 0.717) is 34.8 Å². The average Bonchev–Trinajstić information content (AvgIpc) is 2.86. The fourth-order valence-corrected chi connectivity index (χ4v) is 4.82. The Kier molecular flexibility index (Phi) is 8.01. The predicted octanol–water partition coefficient (Wildman–Crippen LogP) is 7.40. The van der Waals surface area contributed by atoms with E-state index in [9.17, 15) is 18.3 Å². The lowest BCUT2D eigenvalue weighted by atomic mass is 9.76. The molecule has 0 radical (unpaired) electrons. The Labute approximate surface area is 204 Å². The molecule has 0 saturated heterocycles. The van der Waals surface area contributed by atoms with E-state index in [1.54, 1.807) is 55.5 Å². The second-order valence-corrected chi connectivity index (χ2v) is 9.18. The minimum atomic E-state index is -0.881. The monoisotopic (exact) mass is 484 g/mol. The van der Waals surface area contributed by atoms with Gasteiger partial charge in [-0.05, 0) is 86.8 Å². The molecule has 1 atom stereocenters. The summed E-state index contributed by atoms with van der Waals surface area (Å²) in [5.74, 6) is -0.946. The largest absolute Gasteiger partial charge is 0.494 e. The van der Waals surface area contributed by atoms with Gasteiger partial charge in [0.2, 0.25) is 0 Å². The van der Waals surface area contributed by atoms with Gasteiger partial charge in [-0.25, -0.2) is 13.2 Å². The molecule has 1 N–H and O–H groups in total. The van der Waals surface area contributed by atoms with E-state index in [1.165, 1.54) is 6.07 Å². The summed E-state index contributed by atoms with van der Waals surface area (Å²) in [5, 5.41) is 9.77. The third-order valence-corrected chi connectivity index (χ3v) is 6.90. The van der Waals surface area contributed by atoms with Crippen LogP contribution < -0.4 is 9.47 Å². The first-order chi connectivity index (χ1) is 16.9. The Morgan fingerprint density at radius 3 is 2.17 bits per heavy atom. The maximum Gasteiger partial charge on any atom is 0.165 e. The molecule has 1 aliphatic carbocycles. The number of halogens is 3. The fraction of sp³-hybridized carbons (Fsp3) is 0.379. The quantitative estimate of drug-likeness (QED) is 0.362. The number of rotatable bonds is 8. The van der Waals surface area contributed by atoms with Gasteiger partial charge in [0, 0.05) is 17.2 Å². The third kappa shape index (κ3) is 5.81. The molecule has 0 aromatic heterocycles. The van der Waals surface area contributed by atoms with Gasteiger partial charge in [-0.15, -0.1) is 0 Å². The first kappa shape index (κ1) is 25.1. The zero-order valence-electron chi connectivity index (χ0n) is 20.1. The summed E-state index contributed by atoms with van der Waals surface area (Å²) >= 11 is 0. The summed E-state index contributed by atoms with van der Waals surface area (Å²) in [6.45, 7) is 3.97. The molecule has 0 spiro atoms. The lowest BCUT2D eigenvalue weighted by molar-refractivity contribution is 0.0963. The Bertz CT molecular complexity index is 1140. The van der Waals surface area contributed by atoms with Gasteiger partial charge in [-0.2, -0.15) is 0 Å². The van der Waals surface area contributed by atoms with Gasteiger partial charge in [0.05, 0.1) is 12.7 Å². The molecule has 0 bridgehead atoms. The van der Waals surface area contributed by atoms with E-state index in [-0.39, 0.29) is 35.9 Å². The van der Waals surface area contributed by atoms with Gasteiger partial charge in [0.25, 0.3) is 0 Å². The van der Waals surface area contributed by atoms with Crippen molar-refractivity contribution in [1.29, 1.82) is 0 Å². The van der Waals surface area contributed by atoms with E-state index in [2.05, 4.69) is 0 Å². The van der Waals surface area contributed by atoms with E-state index >= 15 is 0 Å². The Balaban J connectivity index is 1.39. The van der Waals surface area contributed by atoms with Crippen LogP contribution in [-0.4, -0.2) is 17.8 Å². The van der Waals surface area contributed by atoms with Crippen LogP contribution in [0.4, 0.5) is 13.2 Å². The van der Waals surface area contributed by atoms with Gasteiger partial charge < -0.3 is 14.6 Å². The van der Waals surface area contributed by atoms with Crippen LogP contribution in [0.25, 0.3) is 11.1 Å². The van der Waals surface area contributed by atoms with Crippen LogP contribution in [0.5, 0.6) is 11.5 Å². The van der Waals surface area contributed by atoms with Crippen molar-refractivity contribution in [2.75, 3.05) is 6.61 Å². The molecule has 35 heavy (non-hydrogen) atoms. The number of hydrogen-bond donors (Lipinski definition) is 1. The second-order valence-electron chi connectivity index (χ2n) is 9.18. The molecule has 3 aromatic rings. The molecule has 1 fully saturated rings. The third-order valence-electron chi connectivity index (χ3n) is 6.90. The average molecular weight is 485 g/mol. The molecule has 186 valence electrons. The zero-order chi connectivity index (χ0) is 24.9. The highest BCUT2D eigenvalue weighted by molar-refractivity contribution is 5.65. The van der Waals surface area contributed by atoms with Crippen LogP contribution >= 0.6 is 0 Å². The molecule has 1 unspecified atom stereocenters. The smallest absolute Gasteiger partial charge is 0.165 e. The molecular weight excluding hydrogens is 453 g/mol. The van der Waals surface area contributed by atoms with E-state index in [0.717, 1.165) is 25.7 Å². The summed E-state index contributed by atoms with van der Waals surface area (Å²) < 4.78 is 55.1. The summed E-state index contributed by atoms with van der Waals surface area (Å²) in [4.78, 5) is 0. The minimum Gasteiger partial charge on any atom is -0.494 e. The van der Waals surface area contributed by atoms with E-state index in [1.807, 2.05) is 6.92 Å². The fourth-order valence-electron chi connectivity index (χ4n) is 4.82. The SMILES string of the molecule is CCOc1ccc(-c2ccc(OCc3ccc(C4CCC(C(C)O)CC4)c(F)c3F)cc2)c(F)c1. The summed E-state index contributed by atoms with van der Waals surface area (Å²) in [6.07, 6.45) is 2.73. The highest BCUT2D eigenvalue weighted by Crippen LogP contribution is 2.39. The van der Waals surface area contributed by atoms with Crippen molar-refractivity contribution in [3.05, 3.63) is 83.2 Å². The number of aliphatic hydroxyl groups excluding tert-OH is 1. The van der Waals surface area contributed by atoms with Crippen molar-refractivity contribution in [1.82, 2.24) is 0 Å². The lowest BCUT2D eigenvalue weighted by Gasteiger charge is -2.30. The predicted molar refractivity (Wildman–Crippen MR) is 130 cm³/mol. The van der Waals surface area contributed by atoms with Crippen LogP contribution in [0.15, 0.2) is 54.6 Å². The van der Waals surface area contributed by atoms with Crippen molar-refractivity contribution in [3.8, 4) is 22.6 Å². The van der Waals surface area contributed by atoms with E-state index in [4.69, 9.17) is 9.47 Å². The molecule has 1 saturated carbocycles. The maximum atomic E-state index is 14.9. The number of aliphatic hydroxyl groups is 1.